The van der Waals surface area contributed by atoms with Gasteiger partial charge in [-0.25, -0.2) is 33.3 Å². The Morgan fingerprint density at radius 1 is 1.07 bits per heavy atom. The lowest BCUT2D eigenvalue weighted by Gasteiger charge is -2.27. The number of aliphatic hydroxyl groups excluding tert-OH is 1. The number of anilines is 1. The van der Waals surface area contributed by atoms with Crippen LogP contribution in [0.4, 0.5) is 14.6 Å². The number of hydrogen-bond donors (Lipinski definition) is 5. The van der Waals surface area contributed by atoms with Crippen LogP contribution < -0.4 is 11.3 Å². The van der Waals surface area contributed by atoms with Crippen LogP contribution >= 0.6 is 25.8 Å². The number of nitrogens with two attached hydrogens (primary N) is 1. The van der Waals surface area contributed by atoms with E-state index in [-0.39, 0.29) is 22.6 Å². The first-order valence-electron chi connectivity index (χ1n) is 12.9. The molecule has 3 saturated heterocycles. The minimum absolute atomic E-state index is 0.0382. The molecular weight excluding hydrogens is 688 g/mol. The normalized spacial score (nSPS) is 37.7. The minimum atomic E-state index is -4.43. The zero-order valence-electron chi connectivity index (χ0n) is 22.3. The van der Waals surface area contributed by atoms with Crippen LogP contribution in [0.25, 0.3) is 22.2 Å². The Bertz CT molecular complexity index is 1950. The first kappa shape index (κ1) is 31.2. The van der Waals surface area contributed by atoms with Crippen molar-refractivity contribution in [1.29, 1.82) is 0 Å². The first-order chi connectivity index (χ1) is 21.3. The number of H-pyrrole nitrogens is 1. The van der Waals surface area contributed by atoms with Gasteiger partial charge in [0.1, 0.15) is 47.8 Å². The molecular formula is C21H22F2N8O10P2S2. The molecule has 18 nitrogen and oxygen atoms in total. The minimum Gasteiger partial charge on any atom is -0.387 e. The van der Waals surface area contributed by atoms with E-state index in [1.165, 1.54) is 10.9 Å². The summed E-state index contributed by atoms with van der Waals surface area (Å²) < 4.78 is 80.1. The van der Waals surface area contributed by atoms with Gasteiger partial charge in [0, 0.05) is 6.20 Å². The largest absolute Gasteiger partial charge is 0.387 e. The summed E-state index contributed by atoms with van der Waals surface area (Å²) in [5.74, 6) is -0.922. The number of nitrogens with zero attached hydrogens (tertiary/aromatic N) is 6. The highest BCUT2D eigenvalue weighted by atomic mass is 32.7. The fraction of sp³-hybridized carbons (Fsp3) is 0.476. The fourth-order valence-corrected chi connectivity index (χ4v) is 8.27. The number of imidazole rings is 1. The lowest BCUT2D eigenvalue weighted by Crippen LogP contribution is -2.35. The highest BCUT2D eigenvalue weighted by Crippen LogP contribution is 2.58. The number of fused-ring (bicyclic) bond motifs is 5. The number of aliphatic hydroxyl groups is 1. The Morgan fingerprint density at radius 2 is 1.82 bits per heavy atom. The molecule has 4 aromatic heterocycles. The van der Waals surface area contributed by atoms with E-state index < -0.39 is 92.6 Å². The van der Waals surface area contributed by atoms with E-state index in [2.05, 4.69) is 37.2 Å². The van der Waals surface area contributed by atoms with E-state index in [1.54, 1.807) is 0 Å². The maximum Gasteiger partial charge on any atom is 0.386 e. The zero-order valence-corrected chi connectivity index (χ0v) is 25.8. The molecule has 4 unspecified atom stereocenters. The van der Waals surface area contributed by atoms with Crippen LogP contribution in [0.5, 0.6) is 0 Å². The van der Waals surface area contributed by atoms with Gasteiger partial charge in [-0.15, -0.1) is 0 Å². The number of alkyl halides is 1. The molecule has 7 rings (SSSR count). The quantitative estimate of drug-likeness (QED) is 0.143. The third kappa shape index (κ3) is 5.51. The molecule has 7 heterocycles. The molecule has 0 amide bonds. The van der Waals surface area contributed by atoms with Crippen molar-refractivity contribution in [3.05, 3.63) is 41.3 Å². The third-order valence-electron chi connectivity index (χ3n) is 7.40. The van der Waals surface area contributed by atoms with Gasteiger partial charge in [0.2, 0.25) is 0 Å². The van der Waals surface area contributed by atoms with Gasteiger partial charge in [0.25, 0.3) is 5.56 Å². The number of aromatic amines is 1. The molecule has 242 valence electrons. The SMILES string of the molecule is Nc1ncnc2c1ncn2[C@@H]1O[C@@H]2COP(O)(=S)O[C@H]3C(O)[C@@H](COP(=O)(S)OC2[C@@H]1F)O[C@H]3n1cc(F)c2c(=O)[nH]cnc21. The summed E-state index contributed by atoms with van der Waals surface area (Å²) in [7, 11) is 0. The Morgan fingerprint density at radius 3 is 2.62 bits per heavy atom. The van der Waals surface area contributed by atoms with Crippen LogP contribution in [0.2, 0.25) is 0 Å². The second kappa shape index (κ2) is 11.4. The molecule has 24 heteroatoms. The molecule has 0 aromatic carbocycles. The highest BCUT2D eigenvalue weighted by Gasteiger charge is 2.53. The second-order valence-electron chi connectivity index (χ2n) is 10.1. The summed E-state index contributed by atoms with van der Waals surface area (Å²) in [6.45, 7) is -10.1. The van der Waals surface area contributed by atoms with Crippen LogP contribution in [0.15, 0.2) is 30.0 Å². The summed E-state index contributed by atoms with van der Waals surface area (Å²) in [5, 5.41) is 10.7. The van der Waals surface area contributed by atoms with E-state index in [0.717, 1.165) is 23.4 Å². The van der Waals surface area contributed by atoms with Gasteiger partial charge in [-0.1, -0.05) is 12.2 Å². The summed E-state index contributed by atoms with van der Waals surface area (Å²) >= 11 is 9.16. The van der Waals surface area contributed by atoms with Crippen molar-refractivity contribution in [2.75, 3.05) is 18.9 Å². The predicted octanol–water partition coefficient (Wildman–Crippen LogP) is 0.851. The number of halogens is 2. The van der Waals surface area contributed by atoms with Crippen LogP contribution in [0.1, 0.15) is 12.5 Å². The van der Waals surface area contributed by atoms with Crippen molar-refractivity contribution < 1.29 is 50.9 Å². The van der Waals surface area contributed by atoms with E-state index in [0.29, 0.717) is 0 Å². The van der Waals surface area contributed by atoms with Gasteiger partial charge in [0.05, 0.1) is 25.9 Å². The second-order valence-corrected chi connectivity index (χ2v) is 15.8. The first-order valence-corrected chi connectivity index (χ1v) is 18.2. The lowest BCUT2D eigenvalue weighted by molar-refractivity contribution is -0.0586. The monoisotopic (exact) mass is 710 g/mol. The van der Waals surface area contributed by atoms with Crippen molar-refractivity contribution in [2.45, 2.75) is 49.1 Å². The van der Waals surface area contributed by atoms with Gasteiger partial charge >= 0.3 is 13.5 Å². The molecule has 0 spiro atoms. The fourth-order valence-electron chi connectivity index (χ4n) is 5.37. The Hall–Kier alpha value is -2.46. The number of nitrogen functional groups attached to an aromatic ring is 1. The number of nitrogens with one attached hydrogen (secondary N) is 1. The molecule has 5 N–H and O–H groups in total. The third-order valence-corrected chi connectivity index (χ3v) is 10.6. The van der Waals surface area contributed by atoms with Crippen molar-refractivity contribution in [3.8, 4) is 0 Å². The zero-order chi connectivity index (χ0) is 31.8. The molecule has 10 atom stereocenters. The number of hydrogen-bond acceptors (Lipinski definition) is 15. The Kier molecular flexibility index (Phi) is 7.86. The summed E-state index contributed by atoms with van der Waals surface area (Å²) in [4.78, 5) is 41.5. The van der Waals surface area contributed by atoms with Crippen molar-refractivity contribution in [1.82, 2.24) is 34.1 Å². The Balaban J connectivity index is 1.21. The van der Waals surface area contributed by atoms with Crippen molar-refractivity contribution in [3.63, 3.8) is 0 Å². The summed E-state index contributed by atoms with van der Waals surface area (Å²) in [6.07, 6.45) is -8.28. The van der Waals surface area contributed by atoms with Gasteiger partial charge in [-0.2, -0.15) is 0 Å². The van der Waals surface area contributed by atoms with E-state index in [4.69, 9.17) is 45.1 Å². The molecule has 3 aliphatic rings. The van der Waals surface area contributed by atoms with E-state index in [9.17, 15) is 23.7 Å². The standard InChI is InChI=1S/C21H22F2N8O10P2S2/c22-7-1-30(17-10(7)19(33)28-5-26-17)21-15-13(32)8(38-21)2-36-42(34,44)40-14-9(3-37-43(35,45)41-15)39-20(11(14)23)31-6-29-12-16(24)25-4-27-18(12)31/h1,4-6,8-9,11,13-15,20-21,32H,2-3H2,(H,34,44)(H,35,45)(H2,24,25,27)(H,26,28,33)/t8-,9-,11+,13?,14?,15+,20-,21-,42?,43?/m1/s1. The van der Waals surface area contributed by atoms with Crippen LogP contribution in [-0.2, 0) is 43.9 Å². The van der Waals surface area contributed by atoms with Gasteiger partial charge in [-0.05, 0) is 11.8 Å². The van der Waals surface area contributed by atoms with Crippen molar-refractivity contribution in [2.24, 2.45) is 0 Å². The predicted molar refractivity (Wildman–Crippen MR) is 154 cm³/mol. The average Bonchev–Trinajstić information content (AvgIpc) is 3.71. The molecule has 4 aromatic rings. The van der Waals surface area contributed by atoms with Gasteiger partial charge < -0.3 is 39.3 Å². The number of thiol groups is 1. The molecule has 0 aliphatic carbocycles. The Labute approximate surface area is 259 Å². The highest BCUT2D eigenvalue weighted by molar-refractivity contribution is 8.44. The van der Waals surface area contributed by atoms with Gasteiger partial charge in [0.15, 0.2) is 41.6 Å². The summed E-state index contributed by atoms with van der Waals surface area (Å²) in [6, 6.07) is 0. The number of rotatable bonds is 2. The summed E-state index contributed by atoms with van der Waals surface area (Å²) in [5.41, 5.74) is 5.18. The molecule has 0 saturated carbocycles. The smallest absolute Gasteiger partial charge is 0.386 e. The van der Waals surface area contributed by atoms with Crippen molar-refractivity contribution >= 4 is 65.6 Å². The average molecular weight is 711 g/mol. The number of ether oxygens (including phenoxy) is 2. The van der Waals surface area contributed by atoms with Gasteiger partial charge in [-0.3, -0.25) is 22.9 Å². The molecule has 3 aliphatic heterocycles. The number of aromatic nitrogens is 7. The maximum atomic E-state index is 16.0. The van der Waals surface area contributed by atoms with Crippen LogP contribution in [-0.4, -0.2) is 94.0 Å². The van der Waals surface area contributed by atoms with Crippen LogP contribution in [0.3, 0.4) is 0 Å². The topological polar surface area (TPSA) is 233 Å². The maximum absolute atomic E-state index is 16.0. The van der Waals surface area contributed by atoms with E-state index in [1.807, 2.05) is 0 Å². The molecule has 3 fully saturated rings. The molecule has 0 radical (unpaired) electrons. The van der Waals surface area contributed by atoms with E-state index >= 15 is 4.39 Å². The molecule has 2 bridgehead atoms. The molecule has 45 heavy (non-hydrogen) atoms. The lowest BCUT2D eigenvalue weighted by atomic mass is 10.1. The van der Waals surface area contributed by atoms with Crippen LogP contribution in [0, 0.1) is 5.82 Å².